The lowest BCUT2D eigenvalue weighted by Crippen LogP contribution is -2.43. The number of ether oxygens (including phenoxy) is 1. The summed E-state index contributed by atoms with van der Waals surface area (Å²) in [6, 6.07) is 17.1. The van der Waals surface area contributed by atoms with Crippen molar-refractivity contribution in [3.63, 3.8) is 0 Å². The Hall–Kier alpha value is -1.84. The maximum absolute atomic E-state index is 12.5. The molecule has 0 aliphatic carbocycles. The number of rotatable bonds is 4. The molecule has 1 fully saturated rings. The predicted molar refractivity (Wildman–Crippen MR) is 91.7 cm³/mol. The normalized spacial score (nSPS) is 20.9. The summed E-state index contributed by atoms with van der Waals surface area (Å²) in [7, 11) is 0. The molecule has 2 unspecified atom stereocenters. The molecule has 2 atom stereocenters. The van der Waals surface area contributed by atoms with Crippen molar-refractivity contribution in [2.24, 2.45) is 11.8 Å². The van der Waals surface area contributed by atoms with Gasteiger partial charge in [0.2, 0.25) is 0 Å². The number of carbonyl (C=O) groups excluding carboxylic acids is 1. The molecule has 0 amide bonds. The van der Waals surface area contributed by atoms with Gasteiger partial charge in [-0.3, -0.25) is 4.79 Å². The van der Waals surface area contributed by atoms with E-state index in [0.717, 1.165) is 24.4 Å². The van der Waals surface area contributed by atoms with Crippen LogP contribution in [-0.4, -0.2) is 19.1 Å². The number of para-hydroxylation sites is 1. The number of piperidine rings is 1. The van der Waals surface area contributed by atoms with Crippen molar-refractivity contribution in [1.29, 1.82) is 0 Å². The molecule has 3 rings (SSSR count). The summed E-state index contributed by atoms with van der Waals surface area (Å²) in [5.74, 6) is 0.615. The van der Waals surface area contributed by atoms with Gasteiger partial charge >= 0.3 is 5.97 Å². The maximum atomic E-state index is 12.5. The Labute approximate surface area is 141 Å². The van der Waals surface area contributed by atoms with Gasteiger partial charge < -0.3 is 10.1 Å². The standard InChI is InChI=1S/C19H20ClNO2/c20-16-8-6-14(7-9-16)12-15-10-11-21-13-18(15)19(22)23-17-4-2-1-3-5-17/h1-9,15,18,21H,10-13H2. The molecule has 1 aliphatic heterocycles. The van der Waals surface area contributed by atoms with E-state index in [-0.39, 0.29) is 17.8 Å². The van der Waals surface area contributed by atoms with E-state index in [2.05, 4.69) is 5.32 Å². The first kappa shape index (κ1) is 16.0. The molecular formula is C19H20ClNO2. The Morgan fingerprint density at radius 3 is 2.61 bits per heavy atom. The molecule has 1 N–H and O–H groups in total. The van der Waals surface area contributed by atoms with E-state index < -0.39 is 0 Å². The topological polar surface area (TPSA) is 38.3 Å². The molecule has 0 saturated carbocycles. The molecule has 2 aromatic carbocycles. The van der Waals surface area contributed by atoms with E-state index in [0.29, 0.717) is 12.3 Å². The highest BCUT2D eigenvalue weighted by Gasteiger charge is 2.32. The zero-order valence-electron chi connectivity index (χ0n) is 12.9. The van der Waals surface area contributed by atoms with Gasteiger partial charge in [0.05, 0.1) is 5.92 Å². The number of benzene rings is 2. The Morgan fingerprint density at radius 1 is 1.13 bits per heavy atom. The molecule has 1 heterocycles. The van der Waals surface area contributed by atoms with Crippen molar-refractivity contribution >= 4 is 17.6 Å². The number of esters is 1. The van der Waals surface area contributed by atoms with Crippen LogP contribution in [0.1, 0.15) is 12.0 Å². The van der Waals surface area contributed by atoms with Crippen LogP contribution in [0.2, 0.25) is 5.02 Å². The van der Waals surface area contributed by atoms with E-state index in [9.17, 15) is 4.79 Å². The fourth-order valence-corrected chi connectivity index (χ4v) is 3.16. The second kappa shape index (κ2) is 7.62. The lowest BCUT2D eigenvalue weighted by atomic mass is 9.82. The number of nitrogens with one attached hydrogen (secondary N) is 1. The van der Waals surface area contributed by atoms with E-state index in [1.54, 1.807) is 0 Å². The van der Waals surface area contributed by atoms with E-state index in [1.807, 2.05) is 54.6 Å². The Morgan fingerprint density at radius 2 is 1.87 bits per heavy atom. The molecule has 0 spiro atoms. The molecule has 2 aromatic rings. The van der Waals surface area contributed by atoms with Crippen LogP contribution < -0.4 is 10.1 Å². The number of hydrogen-bond donors (Lipinski definition) is 1. The average Bonchev–Trinajstić information content (AvgIpc) is 2.58. The van der Waals surface area contributed by atoms with Crippen LogP contribution in [0.15, 0.2) is 54.6 Å². The molecule has 120 valence electrons. The van der Waals surface area contributed by atoms with Gasteiger partial charge in [0, 0.05) is 11.6 Å². The summed E-state index contributed by atoms with van der Waals surface area (Å²) in [6.45, 7) is 1.61. The second-order valence-electron chi connectivity index (χ2n) is 5.92. The summed E-state index contributed by atoms with van der Waals surface area (Å²) in [6.07, 6.45) is 1.84. The van der Waals surface area contributed by atoms with Crippen LogP contribution >= 0.6 is 11.6 Å². The first-order chi connectivity index (χ1) is 11.2. The van der Waals surface area contributed by atoms with Crippen molar-refractivity contribution in [3.8, 4) is 5.75 Å². The first-order valence-electron chi connectivity index (χ1n) is 7.94. The third-order valence-electron chi connectivity index (χ3n) is 4.30. The van der Waals surface area contributed by atoms with E-state index in [1.165, 1.54) is 5.56 Å². The molecule has 4 heteroatoms. The zero-order chi connectivity index (χ0) is 16.1. The molecule has 23 heavy (non-hydrogen) atoms. The monoisotopic (exact) mass is 329 g/mol. The van der Waals surface area contributed by atoms with Crippen LogP contribution in [0.4, 0.5) is 0 Å². The fourth-order valence-electron chi connectivity index (χ4n) is 3.04. The second-order valence-corrected chi connectivity index (χ2v) is 6.36. The lowest BCUT2D eigenvalue weighted by Gasteiger charge is -2.30. The van der Waals surface area contributed by atoms with Gasteiger partial charge in [0.15, 0.2) is 0 Å². The van der Waals surface area contributed by atoms with Crippen LogP contribution in [0.5, 0.6) is 5.75 Å². The van der Waals surface area contributed by atoms with Crippen LogP contribution in [0, 0.1) is 11.8 Å². The van der Waals surface area contributed by atoms with Crippen molar-refractivity contribution < 1.29 is 9.53 Å². The Bertz CT molecular complexity index is 642. The van der Waals surface area contributed by atoms with Crippen LogP contribution in [0.25, 0.3) is 0 Å². The third kappa shape index (κ3) is 4.34. The van der Waals surface area contributed by atoms with Crippen molar-refractivity contribution in [2.75, 3.05) is 13.1 Å². The molecule has 0 aromatic heterocycles. The number of hydrogen-bond acceptors (Lipinski definition) is 3. The summed E-state index contributed by atoms with van der Waals surface area (Å²) < 4.78 is 5.54. The van der Waals surface area contributed by atoms with Gasteiger partial charge in [0.25, 0.3) is 0 Å². The summed E-state index contributed by atoms with van der Waals surface area (Å²) in [4.78, 5) is 12.5. The minimum absolute atomic E-state index is 0.125. The molecule has 3 nitrogen and oxygen atoms in total. The Kier molecular flexibility index (Phi) is 5.31. The fraction of sp³-hybridized carbons (Fsp3) is 0.316. The minimum Gasteiger partial charge on any atom is -0.426 e. The van der Waals surface area contributed by atoms with Gasteiger partial charge in [-0.15, -0.1) is 0 Å². The molecule has 0 bridgehead atoms. The summed E-state index contributed by atoms with van der Waals surface area (Å²) in [5.41, 5.74) is 1.21. The van der Waals surface area contributed by atoms with Gasteiger partial charge in [-0.05, 0) is 55.1 Å². The minimum atomic E-state index is -0.151. The SMILES string of the molecule is O=C(Oc1ccccc1)C1CNCCC1Cc1ccc(Cl)cc1. The highest BCUT2D eigenvalue weighted by atomic mass is 35.5. The lowest BCUT2D eigenvalue weighted by molar-refractivity contribution is -0.141. The first-order valence-corrected chi connectivity index (χ1v) is 8.32. The van der Waals surface area contributed by atoms with Gasteiger partial charge in [-0.2, -0.15) is 0 Å². The van der Waals surface area contributed by atoms with Crippen LogP contribution in [0.3, 0.4) is 0 Å². The largest absolute Gasteiger partial charge is 0.426 e. The molecule has 0 radical (unpaired) electrons. The highest BCUT2D eigenvalue weighted by molar-refractivity contribution is 6.30. The molecular weight excluding hydrogens is 310 g/mol. The van der Waals surface area contributed by atoms with Gasteiger partial charge in [-0.1, -0.05) is 41.9 Å². The average molecular weight is 330 g/mol. The number of carbonyl (C=O) groups is 1. The van der Waals surface area contributed by atoms with Gasteiger partial charge in [-0.25, -0.2) is 0 Å². The third-order valence-corrected chi connectivity index (χ3v) is 4.55. The van der Waals surface area contributed by atoms with Crippen LogP contribution in [-0.2, 0) is 11.2 Å². The molecule has 1 saturated heterocycles. The van der Waals surface area contributed by atoms with Crippen molar-refractivity contribution in [2.45, 2.75) is 12.8 Å². The molecule has 1 aliphatic rings. The predicted octanol–water partition coefficient (Wildman–Crippen LogP) is 3.71. The smallest absolute Gasteiger partial charge is 0.315 e. The quantitative estimate of drug-likeness (QED) is 0.686. The van der Waals surface area contributed by atoms with Gasteiger partial charge in [0.1, 0.15) is 5.75 Å². The number of halogens is 1. The van der Waals surface area contributed by atoms with Crippen molar-refractivity contribution in [3.05, 3.63) is 65.2 Å². The van der Waals surface area contributed by atoms with E-state index in [4.69, 9.17) is 16.3 Å². The zero-order valence-corrected chi connectivity index (χ0v) is 13.6. The maximum Gasteiger partial charge on any atom is 0.315 e. The summed E-state index contributed by atoms with van der Waals surface area (Å²) >= 11 is 5.94. The summed E-state index contributed by atoms with van der Waals surface area (Å²) in [5, 5.41) is 4.04. The Balaban J connectivity index is 1.68. The highest BCUT2D eigenvalue weighted by Crippen LogP contribution is 2.26. The van der Waals surface area contributed by atoms with E-state index >= 15 is 0 Å². The van der Waals surface area contributed by atoms with Crippen molar-refractivity contribution in [1.82, 2.24) is 5.32 Å².